The van der Waals surface area contributed by atoms with Gasteiger partial charge in [0.05, 0.1) is 0 Å². The topological polar surface area (TPSA) is 3.24 Å². The van der Waals surface area contributed by atoms with Gasteiger partial charge < -0.3 is 4.90 Å². The van der Waals surface area contributed by atoms with Crippen LogP contribution in [0.15, 0.2) is 188 Å². The minimum Gasteiger partial charge on any atom is -0.310 e. The number of thiophene rings is 1. The number of fused-ring (bicyclic) bond motifs is 9. The Balaban J connectivity index is 1.07. The van der Waals surface area contributed by atoms with E-state index in [9.17, 15) is 0 Å². The van der Waals surface area contributed by atoms with Crippen molar-refractivity contribution in [3.05, 3.63) is 199 Å². The molecule has 11 rings (SSSR count). The molecule has 0 amide bonds. The van der Waals surface area contributed by atoms with E-state index in [-0.39, 0.29) is 5.41 Å². The quantitative estimate of drug-likeness (QED) is 0.160. The Morgan fingerprint density at radius 1 is 0.382 bits per heavy atom. The van der Waals surface area contributed by atoms with Crippen LogP contribution in [0.1, 0.15) is 25.0 Å². The lowest BCUT2D eigenvalue weighted by molar-refractivity contribution is 0.662. The van der Waals surface area contributed by atoms with E-state index in [1.165, 1.54) is 86.2 Å². The van der Waals surface area contributed by atoms with Crippen LogP contribution in [0.25, 0.3) is 75.1 Å². The second-order valence-corrected chi connectivity index (χ2v) is 16.4. The molecule has 2 heteroatoms. The summed E-state index contributed by atoms with van der Waals surface area (Å²) in [7, 11) is 0. The van der Waals surface area contributed by atoms with E-state index >= 15 is 0 Å². The molecule has 1 aliphatic carbocycles. The first-order valence-corrected chi connectivity index (χ1v) is 19.9. The zero-order valence-electron chi connectivity index (χ0n) is 30.8. The summed E-state index contributed by atoms with van der Waals surface area (Å²) >= 11 is 1.86. The number of nitrogens with zero attached hydrogens (tertiary/aromatic N) is 1. The Labute approximate surface area is 325 Å². The predicted octanol–water partition coefficient (Wildman–Crippen LogP) is 15.5. The standard InChI is InChI=1S/C53H37NS/c1-53(2)49-22-7-5-16-45(49)47-21-11-19-42(52(47)53)36-13-9-14-38(32-36)54(39-29-31-51-48(33-39)46-17-6-8-23-50(46)55-51)37-27-24-35(25-28-37)41-18-10-20-43-40-15-4-3-12-34(40)26-30-44(41)43/h3-33H,1-2H3. The molecule has 0 saturated heterocycles. The van der Waals surface area contributed by atoms with Crippen LogP contribution in [0.5, 0.6) is 0 Å². The van der Waals surface area contributed by atoms with Gasteiger partial charge in [0, 0.05) is 42.6 Å². The van der Waals surface area contributed by atoms with Gasteiger partial charge in [-0.05, 0) is 115 Å². The monoisotopic (exact) mass is 719 g/mol. The summed E-state index contributed by atoms with van der Waals surface area (Å²) in [4.78, 5) is 2.43. The summed E-state index contributed by atoms with van der Waals surface area (Å²) in [6.07, 6.45) is 0. The fourth-order valence-electron chi connectivity index (χ4n) is 9.28. The highest BCUT2D eigenvalue weighted by atomic mass is 32.1. The predicted molar refractivity (Wildman–Crippen MR) is 237 cm³/mol. The van der Waals surface area contributed by atoms with Crippen LogP contribution >= 0.6 is 11.3 Å². The molecule has 0 spiro atoms. The molecule has 0 bridgehead atoms. The normalized spacial score (nSPS) is 13.1. The van der Waals surface area contributed by atoms with E-state index in [2.05, 4.69) is 207 Å². The van der Waals surface area contributed by atoms with Crippen LogP contribution in [0.3, 0.4) is 0 Å². The van der Waals surface area contributed by atoms with Crippen molar-refractivity contribution in [3.8, 4) is 33.4 Å². The largest absolute Gasteiger partial charge is 0.310 e. The second-order valence-electron chi connectivity index (χ2n) is 15.3. The van der Waals surface area contributed by atoms with Gasteiger partial charge in [0.15, 0.2) is 0 Å². The van der Waals surface area contributed by atoms with Crippen molar-refractivity contribution >= 4 is 70.1 Å². The van der Waals surface area contributed by atoms with Crippen molar-refractivity contribution < 1.29 is 0 Å². The smallest absolute Gasteiger partial charge is 0.0468 e. The third-order valence-electron chi connectivity index (χ3n) is 11.8. The minimum atomic E-state index is -0.104. The zero-order valence-corrected chi connectivity index (χ0v) is 31.6. The third-order valence-corrected chi connectivity index (χ3v) is 13.0. The fraction of sp³-hybridized carbons (Fsp3) is 0.0566. The lowest BCUT2D eigenvalue weighted by Crippen LogP contribution is -2.16. The molecule has 1 aliphatic rings. The number of anilines is 3. The fourth-order valence-corrected chi connectivity index (χ4v) is 10.4. The Hall–Kier alpha value is -6.48. The van der Waals surface area contributed by atoms with E-state index in [0.717, 1.165) is 17.1 Å². The molecule has 0 N–H and O–H groups in total. The van der Waals surface area contributed by atoms with Crippen LogP contribution in [-0.2, 0) is 5.41 Å². The summed E-state index contributed by atoms with van der Waals surface area (Å²) in [5, 5.41) is 7.71. The van der Waals surface area contributed by atoms with Gasteiger partial charge in [0.2, 0.25) is 0 Å². The summed E-state index contributed by atoms with van der Waals surface area (Å²) in [5.41, 5.74) is 13.7. The van der Waals surface area contributed by atoms with Crippen LogP contribution in [0, 0.1) is 0 Å². The van der Waals surface area contributed by atoms with Gasteiger partial charge >= 0.3 is 0 Å². The lowest BCUT2D eigenvalue weighted by Gasteiger charge is -2.28. The second kappa shape index (κ2) is 12.3. The Kier molecular flexibility index (Phi) is 7.14. The molecule has 0 fully saturated rings. The maximum absolute atomic E-state index is 2.43. The van der Waals surface area contributed by atoms with Crippen LogP contribution in [0.4, 0.5) is 17.1 Å². The van der Waals surface area contributed by atoms with E-state index in [4.69, 9.17) is 0 Å². The van der Waals surface area contributed by atoms with Gasteiger partial charge in [0.1, 0.15) is 0 Å². The average molecular weight is 720 g/mol. The molecule has 0 aliphatic heterocycles. The van der Waals surface area contributed by atoms with E-state index < -0.39 is 0 Å². The summed E-state index contributed by atoms with van der Waals surface area (Å²) in [5.74, 6) is 0. The molecule has 1 nitrogen and oxygen atoms in total. The number of benzene rings is 9. The first-order valence-electron chi connectivity index (χ1n) is 19.1. The van der Waals surface area contributed by atoms with E-state index in [1.807, 2.05) is 11.3 Å². The Morgan fingerprint density at radius 3 is 1.95 bits per heavy atom. The van der Waals surface area contributed by atoms with E-state index in [0.29, 0.717) is 0 Å². The number of rotatable bonds is 5. The molecule has 55 heavy (non-hydrogen) atoms. The third kappa shape index (κ3) is 4.99. The molecule has 9 aromatic carbocycles. The first-order chi connectivity index (χ1) is 27.0. The molecule has 0 radical (unpaired) electrons. The SMILES string of the molecule is CC1(C)c2ccccc2-c2cccc(-c3cccc(N(c4ccc(-c5cccc6c5ccc5ccccc56)cc4)c4ccc5sc6ccccc6c5c4)c3)c21. The van der Waals surface area contributed by atoms with Crippen molar-refractivity contribution in [2.45, 2.75) is 19.3 Å². The van der Waals surface area contributed by atoms with Crippen molar-refractivity contribution in [1.82, 2.24) is 0 Å². The summed E-state index contributed by atoms with van der Waals surface area (Å²) in [6, 6.07) is 69.6. The van der Waals surface area contributed by atoms with Crippen molar-refractivity contribution in [3.63, 3.8) is 0 Å². The van der Waals surface area contributed by atoms with Gasteiger partial charge in [-0.3, -0.25) is 0 Å². The molecule has 10 aromatic rings. The van der Waals surface area contributed by atoms with Crippen molar-refractivity contribution in [2.75, 3.05) is 4.90 Å². The first kappa shape index (κ1) is 32.0. The molecule has 1 aromatic heterocycles. The number of hydrogen-bond donors (Lipinski definition) is 0. The average Bonchev–Trinajstić information content (AvgIpc) is 3.72. The maximum atomic E-state index is 2.43. The van der Waals surface area contributed by atoms with Gasteiger partial charge in [-0.15, -0.1) is 11.3 Å². The van der Waals surface area contributed by atoms with Gasteiger partial charge in [-0.2, -0.15) is 0 Å². The molecule has 0 unspecified atom stereocenters. The molecule has 260 valence electrons. The zero-order chi connectivity index (χ0) is 36.7. The molecule has 0 atom stereocenters. The Bertz CT molecular complexity index is 3130. The highest BCUT2D eigenvalue weighted by Crippen LogP contribution is 2.52. The molecule has 1 heterocycles. The highest BCUT2D eigenvalue weighted by Gasteiger charge is 2.37. The van der Waals surface area contributed by atoms with Gasteiger partial charge in [-0.25, -0.2) is 0 Å². The number of hydrogen-bond acceptors (Lipinski definition) is 2. The molecular weight excluding hydrogens is 683 g/mol. The van der Waals surface area contributed by atoms with Crippen LogP contribution in [0.2, 0.25) is 0 Å². The van der Waals surface area contributed by atoms with E-state index in [1.54, 1.807) is 0 Å². The van der Waals surface area contributed by atoms with Crippen LogP contribution in [-0.4, -0.2) is 0 Å². The van der Waals surface area contributed by atoms with Crippen molar-refractivity contribution in [2.24, 2.45) is 0 Å². The van der Waals surface area contributed by atoms with Crippen molar-refractivity contribution in [1.29, 1.82) is 0 Å². The minimum absolute atomic E-state index is 0.104. The maximum Gasteiger partial charge on any atom is 0.0468 e. The van der Waals surface area contributed by atoms with Gasteiger partial charge in [-0.1, -0.05) is 153 Å². The van der Waals surface area contributed by atoms with Crippen LogP contribution < -0.4 is 4.90 Å². The summed E-state index contributed by atoms with van der Waals surface area (Å²) < 4.78 is 2.62. The molecular formula is C53H37NS. The van der Waals surface area contributed by atoms with Gasteiger partial charge in [0.25, 0.3) is 0 Å². The lowest BCUT2D eigenvalue weighted by atomic mass is 9.79. The Morgan fingerprint density at radius 2 is 1.04 bits per heavy atom. The summed E-state index contributed by atoms with van der Waals surface area (Å²) in [6.45, 7) is 4.75. The highest BCUT2D eigenvalue weighted by molar-refractivity contribution is 7.25. The molecule has 0 saturated carbocycles.